The Labute approximate surface area is 134 Å². The summed E-state index contributed by atoms with van der Waals surface area (Å²) in [5.41, 5.74) is -0.470. The van der Waals surface area contributed by atoms with Crippen LogP contribution in [0.15, 0.2) is 12.1 Å². The number of esters is 1. The van der Waals surface area contributed by atoms with Gasteiger partial charge in [0.2, 0.25) is 0 Å². The van der Waals surface area contributed by atoms with Gasteiger partial charge in [-0.15, -0.1) is 0 Å². The first-order chi connectivity index (χ1) is 10.1. The van der Waals surface area contributed by atoms with Gasteiger partial charge in [0.25, 0.3) is 5.91 Å². The molecule has 0 aliphatic rings. The molecule has 0 saturated heterocycles. The van der Waals surface area contributed by atoms with Crippen LogP contribution in [-0.2, 0) is 9.53 Å². The lowest BCUT2D eigenvalue weighted by Gasteiger charge is -2.23. The monoisotopic (exact) mass is 358 g/mol. The van der Waals surface area contributed by atoms with Gasteiger partial charge >= 0.3 is 12.1 Å². The number of amides is 1. The Balaban J connectivity index is 3.05. The van der Waals surface area contributed by atoms with E-state index in [0.29, 0.717) is 0 Å². The van der Waals surface area contributed by atoms with Crippen molar-refractivity contribution in [1.82, 2.24) is 9.88 Å². The quantitative estimate of drug-likeness (QED) is 0.599. The third-order valence-corrected chi connectivity index (χ3v) is 2.81. The molecule has 1 aromatic heterocycles. The standard InChI is InChI=1S/C12H11Cl2F3N2O3/c1-2-22-9(20)5-19(6-12(15,16)17)11(21)10-7(13)3-4-8(14)18-10/h3-4H,2,5-6H2,1H3. The Kier molecular flexibility index (Phi) is 6.43. The minimum atomic E-state index is -4.70. The summed E-state index contributed by atoms with van der Waals surface area (Å²) < 4.78 is 42.3. The third-order valence-electron chi connectivity index (χ3n) is 2.30. The largest absolute Gasteiger partial charge is 0.465 e. The predicted molar refractivity (Wildman–Crippen MR) is 72.8 cm³/mol. The van der Waals surface area contributed by atoms with Crippen molar-refractivity contribution >= 4 is 35.1 Å². The molecule has 0 aliphatic carbocycles. The molecular formula is C12H11Cl2F3N2O3. The van der Waals surface area contributed by atoms with Gasteiger partial charge in [-0.05, 0) is 19.1 Å². The summed E-state index contributed by atoms with van der Waals surface area (Å²) in [4.78, 5) is 27.4. The van der Waals surface area contributed by atoms with Crippen molar-refractivity contribution in [2.75, 3.05) is 19.7 Å². The van der Waals surface area contributed by atoms with E-state index in [9.17, 15) is 22.8 Å². The van der Waals surface area contributed by atoms with Crippen molar-refractivity contribution in [3.63, 3.8) is 0 Å². The van der Waals surface area contributed by atoms with Crippen LogP contribution in [0, 0.1) is 0 Å². The van der Waals surface area contributed by atoms with Crippen LogP contribution < -0.4 is 0 Å². The highest BCUT2D eigenvalue weighted by molar-refractivity contribution is 6.34. The molecule has 122 valence electrons. The molecule has 22 heavy (non-hydrogen) atoms. The fraction of sp³-hybridized carbons (Fsp3) is 0.417. The van der Waals surface area contributed by atoms with Crippen molar-refractivity contribution in [2.45, 2.75) is 13.1 Å². The molecule has 1 amide bonds. The van der Waals surface area contributed by atoms with Crippen molar-refractivity contribution in [1.29, 1.82) is 0 Å². The first-order valence-corrected chi connectivity index (χ1v) is 6.73. The fourth-order valence-corrected chi connectivity index (χ4v) is 1.83. The van der Waals surface area contributed by atoms with Crippen molar-refractivity contribution in [2.24, 2.45) is 0 Å². The van der Waals surface area contributed by atoms with Crippen LogP contribution >= 0.6 is 23.2 Å². The van der Waals surface area contributed by atoms with Crippen molar-refractivity contribution < 1.29 is 27.5 Å². The highest BCUT2D eigenvalue weighted by Gasteiger charge is 2.35. The first-order valence-electron chi connectivity index (χ1n) is 5.97. The lowest BCUT2D eigenvalue weighted by atomic mass is 10.3. The zero-order valence-electron chi connectivity index (χ0n) is 11.3. The number of carbonyl (C=O) groups is 2. The fourth-order valence-electron chi connectivity index (χ4n) is 1.50. The van der Waals surface area contributed by atoms with Gasteiger partial charge in [-0.1, -0.05) is 23.2 Å². The van der Waals surface area contributed by atoms with Gasteiger partial charge in [0.15, 0.2) is 0 Å². The summed E-state index contributed by atoms with van der Waals surface area (Å²) in [6, 6.07) is 2.50. The first kappa shape index (κ1) is 18.5. The number of pyridine rings is 1. The number of rotatable bonds is 5. The second-order valence-corrected chi connectivity index (χ2v) is 4.84. The number of aromatic nitrogens is 1. The molecule has 0 bridgehead atoms. The normalized spacial score (nSPS) is 11.2. The molecule has 0 unspecified atom stereocenters. The van der Waals surface area contributed by atoms with Crippen LogP contribution in [0.25, 0.3) is 0 Å². The molecule has 0 radical (unpaired) electrons. The molecule has 0 N–H and O–H groups in total. The van der Waals surface area contributed by atoms with E-state index in [1.807, 2.05) is 0 Å². The zero-order chi connectivity index (χ0) is 16.9. The van der Waals surface area contributed by atoms with Gasteiger partial charge in [0, 0.05) is 0 Å². The van der Waals surface area contributed by atoms with Crippen LogP contribution in [0.1, 0.15) is 17.4 Å². The number of hydrogen-bond acceptors (Lipinski definition) is 4. The van der Waals surface area contributed by atoms with Crippen LogP contribution in [0.5, 0.6) is 0 Å². The molecule has 5 nitrogen and oxygen atoms in total. The minimum absolute atomic E-state index is 0.0247. The summed E-state index contributed by atoms with van der Waals surface area (Å²) in [5.74, 6) is -2.14. The van der Waals surface area contributed by atoms with Crippen LogP contribution in [0.3, 0.4) is 0 Å². The third kappa shape index (κ3) is 5.69. The van der Waals surface area contributed by atoms with E-state index in [1.165, 1.54) is 19.1 Å². The van der Waals surface area contributed by atoms with Crippen molar-refractivity contribution in [3.8, 4) is 0 Å². The summed E-state index contributed by atoms with van der Waals surface area (Å²) in [6.45, 7) is -1.06. The van der Waals surface area contributed by atoms with Gasteiger partial charge in [-0.2, -0.15) is 13.2 Å². The van der Waals surface area contributed by atoms with Crippen LogP contribution in [-0.4, -0.2) is 47.6 Å². The zero-order valence-corrected chi connectivity index (χ0v) is 12.8. The lowest BCUT2D eigenvalue weighted by Crippen LogP contribution is -2.43. The minimum Gasteiger partial charge on any atom is -0.465 e. The van der Waals surface area contributed by atoms with Crippen LogP contribution in [0.4, 0.5) is 13.2 Å². The molecule has 0 aromatic carbocycles. The molecule has 0 aliphatic heterocycles. The van der Waals surface area contributed by atoms with Crippen LogP contribution in [0.2, 0.25) is 10.2 Å². The lowest BCUT2D eigenvalue weighted by molar-refractivity contribution is -0.153. The summed E-state index contributed by atoms with van der Waals surface area (Å²) in [7, 11) is 0. The average Bonchev–Trinajstić information content (AvgIpc) is 2.38. The Bertz CT molecular complexity index is 567. The molecule has 0 spiro atoms. The molecule has 0 fully saturated rings. The van der Waals surface area contributed by atoms with Gasteiger partial charge in [0.05, 0.1) is 11.6 Å². The Morgan fingerprint density at radius 3 is 2.50 bits per heavy atom. The van der Waals surface area contributed by atoms with Crippen molar-refractivity contribution in [3.05, 3.63) is 28.0 Å². The van der Waals surface area contributed by atoms with Gasteiger partial charge in [-0.3, -0.25) is 9.59 Å². The Morgan fingerprint density at radius 2 is 1.95 bits per heavy atom. The summed E-state index contributed by atoms with van der Waals surface area (Å²) >= 11 is 11.3. The second kappa shape index (κ2) is 7.64. The highest BCUT2D eigenvalue weighted by atomic mass is 35.5. The summed E-state index contributed by atoms with van der Waals surface area (Å²) in [5, 5.41) is -0.290. The molecule has 1 rings (SSSR count). The van der Waals surface area contributed by atoms with Gasteiger partial charge < -0.3 is 9.64 Å². The van der Waals surface area contributed by atoms with E-state index < -0.39 is 36.8 Å². The highest BCUT2D eigenvalue weighted by Crippen LogP contribution is 2.22. The summed E-state index contributed by atoms with van der Waals surface area (Å²) in [6.07, 6.45) is -4.70. The maximum absolute atomic E-state index is 12.6. The Morgan fingerprint density at radius 1 is 1.32 bits per heavy atom. The number of nitrogens with zero attached hydrogens (tertiary/aromatic N) is 2. The Hall–Kier alpha value is -1.54. The van der Waals surface area contributed by atoms with E-state index in [1.54, 1.807) is 0 Å². The molecule has 10 heteroatoms. The molecule has 0 saturated carbocycles. The molecular weight excluding hydrogens is 348 g/mol. The number of halogens is 5. The van der Waals surface area contributed by atoms with E-state index in [0.717, 1.165) is 0 Å². The predicted octanol–water partition coefficient (Wildman–Crippen LogP) is 2.96. The maximum atomic E-state index is 12.6. The van der Waals surface area contributed by atoms with E-state index >= 15 is 0 Å². The van der Waals surface area contributed by atoms with E-state index in [-0.39, 0.29) is 21.7 Å². The number of hydrogen-bond donors (Lipinski definition) is 0. The van der Waals surface area contributed by atoms with Gasteiger partial charge in [-0.25, -0.2) is 4.98 Å². The smallest absolute Gasteiger partial charge is 0.406 e. The van der Waals surface area contributed by atoms with Gasteiger partial charge in [0.1, 0.15) is 23.9 Å². The second-order valence-electron chi connectivity index (χ2n) is 4.05. The maximum Gasteiger partial charge on any atom is 0.406 e. The molecule has 0 atom stereocenters. The topological polar surface area (TPSA) is 59.5 Å². The average molecular weight is 359 g/mol. The van der Waals surface area contributed by atoms with E-state index in [4.69, 9.17) is 23.2 Å². The van der Waals surface area contributed by atoms with E-state index in [2.05, 4.69) is 9.72 Å². The SMILES string of the molecule is CCOC(=O)CN(CC(F)(F)F)C(=O)c1nc(Cl)ccc1Cl. The molecule has 1 aromatic rings. The molecule has 1 heterocycles. The number of alkyl halides is 3. The number of carbonyl (C=O) groups excluding carboxylic acids is 2. The number of ether oxygens (including phenoxy) is 1.